The van der Waals surface area contributed by atoms with Gasteiger partial charge in [-0.15, -0.1) is 0 Å². The number of carbonyl (C=O) groups is 1. The highest BCUT2D eigenvalue weighted by atomic mass is 35.5. The minimum Gasteiger partial charge on any atom is -0.493 e. The van der Waals surface area contributed by atoms with Gasteiger partial charge in [0.2, 0.25) is 0 Å². The quantitative estimate of drug-likeness (QED) is 0.168. The van der Waals surface area contributed by atoms with Crippen molar-refractivity contribution in [2.24, 2.45) is 5.92 Å². The molecule has 0 aliphatic heterocycles. The number of fused-ring (bicyclic) bond motifs is 3. The third kappa shape index (κ3) is 5.91. The van der Waals surface area contributed by atoms with Crippen molar-refractivity contribution >= 4 is 62.6 Å². The van der Waals surface area contributed by atoms with Crippen LogP contribution in [0.4, 0.5) is 0 Å². The number of ether oxygens (including phenoxy) is 2. The topological polar surface area (TPSA) is 76.2 Å². The van der Waals surface area contributed by atoms with Gasteiger partial charge in [-0.2, -0.15) is 0 Å². The van der Waals surface area contributed by atoms with E-state index in [0.717, 1.165) is 68.2 Å². The summed E-state index contributed by atoms with van der Waals surface area (Å²) < 4.78 is 11.3. The summed E-state index contributed by atoms with van der Waals surface area (Å²) in [6.07, 6.45) is 5.67. The average molecular weight is 677 g/mol. The maximum atomic E-state index is 14.5. The number of hydrogen-bond donors (Lipinski definition) is 2. The zero-order valence-corrected chi connectivity index (χ0v) is 28.5. The van der Waals surface area contributed by atoms with Crippen LogP contribution in [0.15, 0.2) is 91.1 Å². The SMILES string of the molecule is COc1cccc(/C=C2\CC(C)Cc3c2nc2ccccc2c3C(=O)NCC(c2ccc(Cl)cc2Cl)c2c[nH]c3ccccc23)c1OC. The molecule has 242 valence electrons. The molecular formula is C40H35Cl2N3O3. The molecule has 48 heavy (non-hydrogen) atoms. The molecule has 2 aromatic heterocycles. The van der Waals surface area contributed by atoms with Gasteiger partial charge in [0.05, 0.1) is 31.0 Å². The van der Waals surface area contributed by atoms with Gasteiger partial charge in [-0.1, -0.05) is 84.7 Å². The molecule has 0 radical (unpaired) electrons. The minimum atomic E-state index is -0.228. The summed E-state index contributed by atoms with van der Waals surface area (Å²) in [5, 5.41) is 6.33. The number of hydrogen-bond acceptors (Lipinski definition) is 4. The largest absolute Gasteiger partial charge is 0.493 e. The van der Waals surface area contributed by atoms with Crippen molar-refractivity contribution in [1.29, 1.82) is 0 Å². The fourth-order valence-electron chi connectivity index (χ4n) is 7.05. The van der Waals surface area contributed by atoms with E-state index in [1.54, 1.807) is 20.3 Å². The number of para-hydroxylation sites is 3. The Hall–Kier alpha value is -4.78. The van der Waals surface area contributed by atoms with Crippen LogP contribution in [-0.4, -0.2) is 36.6 Å². The molecule has 0 saturated heterocycles. The normalized spacial score (nSPS) is 15.8. The lowest BCUT2D eigenvalue weighted by molar-refractivity contribution is 0.0953. The second-order valence-corrected chi connectivity index (χ2v) is 13.2. The highest BCUT2D eigenvalue weighted by molar-refractivity contribution is 6.35. The second kappa shape index (κ2) is 13.4. The lowest BCUT2D eigenvalue weighted by Gasteiger charge is -2.27. The molecule has 1 aliphatic carbocycles. The van der Waals surface area contributed by atoms with E-state index in [1.807, 2.05) is 79.0 Å². The summed E-state index contributed by atoms with van der Waals surface area (Å²) in [6.45, 7) is 2.54. The third-order valence-electron chi connectivity index (χ3n) is 9.21. The second-order valence-electron chi connectivity index (χ2n) is 12.3. The van der Waals surface area contributed by atoms with Gasteiger partial charge >= 0.3 is 0 Å². The monoisotopic (exact) mass is 675 g/mol. The number of aromatic amines is 1. The molecule has 2 N–H and O–H groups in total. The van der Waals surface area contributed by atoms with Crippen molar-refractivity contribution < 1.29 is 14.3 Å². The van der Waals surface area contributed by atoms with Crippen molar-refractivity contribution in [2.75, 3.05) is 20.8 Å². The fourth-order valence-corrected chi connectivity index (χ4v) is 7.59. The molecule has 4 aromatic carbocycles. The predicted molar refractivity (Wildman–Crippen MR) is 196 cm³/mol. The fraction of sp³-hybridized carbons (Fsp3) is 0.200. The average Bonchev–Trinajstić information content (AvgIpc) is 3.52. The van der Waals surface area contributed by atoms with Gasteiger partial charge in [0.15, 0.2) is 11.5 Å². The number of amides is 1. The lowest BCUT2D eigenvalue weighted by Crippen LogP contribution is -2.31. The van der Waals surface area contributed by atoms with Crippen LogP contribution >= 0.6 is 23.2 Å². The van der Waals surface area contributed by atoms with E-state index in [4.69, 9.17) is 37.7 Å². The lowest BCUT2D eigenvalue weighted by atomic mass is 9.80. The van der Waals surface area contributed by atoms with Gasteiger partial charge in [-0.3, -0.25) is 4.79 Å². The van der Waals surface area contributed by atoms with Gasteiger partial charge < -0.3 is 19.8 Å². The number of rotatable bonds is 8. The molecule has 2 unspecified atom stereocenters. The number of nitrogens with one attached hydrogen (secondary N) is 2. The van der Waals surface area contributed by atoms with Crippen LogP contribution in [-0.2, 0) is 6.42 Å². The van der Waals surface area contributed by atoms with E-state index in [0.29, 0.717) is 39.6 Å². The maximum absolute atomic E-state index is 14.5. The van der Waals surface area contributed by atoms with Gasteiger partial charge in [0, 0.05) is 50.6 Å². The first-order valence-electron chi connectivity index (χ1n) is 16.0. The van der Waals surface area contributed by atoms with E-state index in [-0.39, 0.29) is 11.8 Å². The zero-order chi connectivity index (χ0) is 33.4. The molecule has 6 nitrogen and oxygen atoms in total. The van der Waals surface area contributed by atoms with Crippen LogP contribution in [0.2, 0.25) is 10.0 Å². The molecule has 6 aromatic rings. The smallest absolute Gasteiger partial charge is 0.252 e. The van der Waals surface area contributed by atoms with Crippen LogP contribution in [0, 0.1) is 5.92 Å². The van der Waals surface area contributed by atoms with Crippen molar-refractivity contribution in [3.05, 3.63) is 135 Å². The first kappa shape index (κ1) is 31.8. The molecule has 1 aliphatic rings. The molecule has 1 amide bonds. The first-order valence-corrected chi connectivity index (χ1v) is 16.7. The van der Waals surface area contributed by atoms with Crippen molar-refractivity contribution in [3.63, 3.8) is 0 Å². The van der Waals surface area contributed by atoms with Gasteiger partial charge in [0.25, 0.3) is 5.91 Å². The highest BCUT2D eigenvalue weighted by Gasteiger charge is 2.29. The Morgan fingerprint density at radius 2 is 1.75 bits per heavy atom. The van der Waals surface area contributed by atoms with Crippen LogP contribution < -0.4 is 14.8 Å². The Bertz CT molecular complexity index is 2210. The summed E-state index contributed by atoms with van der Waals surface area (Å²) in [5.41, 5.74) is 8.13. The van der Waals surface area contributed by atoms with Gasteiger partial charge in [0.1, 0.15) is 0 Å². The molecule has 0 bridgehead atoms. The Morgan fingerprint density at radius 1 is 0.958 bits per heavy atom. The molecule has 0 saturated carbocycles. The summed E-state index contributed by atoms with van der Waals surface area (Å²) in [5.74, 6) is 1.24. The van der Waals surface area contributed by atoms with Crippen LogP contribution in [0.25, 0.3) is 33.5 Å². The minimum absolute atomic E-state index is 0.146. The molecule has 2 atom stereocenters. The zero-order valence-electron chi connectivity index (χ0n) is 26.9. The third-order valence-corrected chi connectivity index (χ3v) is 9.77. The summed E-state index contributed by atoms with van der Waals surface area (Å²) in [4.78, 5) is 23.1. The molecule has 0 fully saturated rings. The molecule has 2 heterocycles. The first-order chi connectivity index (χ1) is 23.4. The van der Waals surface area contributed by atoms with E-state index < -0.39 is 0 Å². The Morgan fingerprint density at radius 3 is 2.54 bits per heavy atom. The van der Waals surface area contributed by atoms with Crippen molar-refractivity contribution in [1.82, 2.24) is 15.3 Å². The standard InChI is InChI=1S/C40H35Cl2N3O3/c1-23-17-25(19-24-9-8-14-36(47-2)39(24)48-3)38-30(18-23)37(29-11-5-7-13-35(29)45-38)40(46)44-22-31(27-16-15-26(41)20-33(27)42)32-21-43-34-12-6-4-10-28(32)34/h4-16,19-21,23,31,43H,17-18,22H2,1-3H3,(H,44,46)/b25-19+. The number of H-pyrrole nitrogens is 1. The van der Waals surface area contributed by atoms with E-state index in [1.165, 1.54) is 0 Å². The Kier molecular flexibility index (Phi) is 8.86. The molecule has 8 heteroatoms. The van der Waals surface area contributed by atoms with Crippen LogP contribution in [0.5, 0.6) is 11.5 Å². The number of halogens is 2. The van der Waals surface area contributed by atoms with Crippen LogP contribution in [0.3, 0.4) is 0 Å². The van der Waals surface area contributed by atoms with Crippen molar-refractivity contribution in [3.8, 4) is 11.5 Å². The number of methoxy groups -OCH3 is 2. The molecular weight excluding hydrogens is 641 g/mol. The Balaban J connectivity index is 1.32. The summed E-state index contributed by atoms with van der Waals surface area (Å²) in [7, 11) is 3.28. The highest BCUT2D eigenvalue weighted by Crippen LogP contribution is 2.41. The molecule has 0 spiro atoms. The molecule has 7 rings (SSSR count). The van der Waals surface area contributed by atoms with Crippen LogP contribution in [0.1, 0.15) is 57.6 Å². The van der Waals surface area contributed by atoms with Gasteiger partial charge in [-0.05, 0) is 77.4 Å². The van der Waals surface area contributed by atoms with Crippen molar-refractivity contribution in [2.45, 2.75) is 25.7 Å². The summed E-state index contributed by atoms with van der Waals surface area (Å²) >= 11 is 13.1. The number of benzene rings is 4. The summed E-state index contributed by atoms with van der Waals surface area (Å²) in [6, 6.07) is 27.4. The van der Waals surface area contributed by atoms with E-state index in [2.05, 4.69) is 29.4 Å². The Labute approximate surface area is 289 Å². The number of aromatic nitrogens is 2. The van der Waals surface area contributed by atoms with Gasteiger partial charge in [-0.25, -0.2) is 4.98 Å². The maximum Gasteiger partial charge on any atom is 0.252 e. The number of allylic oxidation sites excluding steroid dienone is 1. The predicted octanol–water partition coefficient (Wildman–Crippen LogP) is 9.72. The van der Waals surface area contributed by atoms with E-state index in [9.17, 15) is 4.79 Å². The number of nitrogens with zero attached hydrogens (tertiary/aromatic N) is 1. The van der Waals surface area contributed by atoms with E-state index >= 15 is 0 Å². The number of pyridine rings is 1. The number of carbonyl (C=O) groups excluding carboxylic acids is 1.